The van der Waals surface area contributed by atoms with Crippen LogP contribution in [-0.2, 0) is 0 Å². The molecular formula is C63H40N4S. The third kappa shape index (κ3) is 6.96. The molecule has 0 aliphatic rings. The Hall–Kier alpha value is -8.77. The van der Waals surface area contributed by atoms with Gasteiger partial charge in [0.25, 0.3) is 0 Å². The molecule has 0 N–H and O–H groups in total. The van der Waals surface area contributed by atoms with Crippen LogP contribution in [0, 0.1) is 0 Å². The fourth-order valence-corrected chi connectivity index (χ4v) is 11.0. The van der Waals surface area contributed by atoms with E-state index < -0.39 is 0 Å². The molecule has 0 radical (unpaired) electrons. The zero-order chi connectivity index (χ0) is 45.0. The quantitative estimate of drug-likeness (QED) is 0.153. The Labute approximate surface area is 397 Å². The largest absolute Gasteiger partial charge is 0.309 e. The summed E-state index contributed by atoms with van der Waals surface area (Å²) in [5.74, 6) is 1.83. The van der Waals surface area contributed by atoms with Crippen molar-refractivity contribution in [3.8, 4) is 84.4 Å². The molecule has 0 aliphatic carbocycles. The molecule has 0 saturated carbocycles. The van der Waals surface area contributed by atoms with Crippen LogP contribution in [0.5, 0.6) is 0 Å². The van der Waals surface area contributed by atoms with Crippen molar-refractivity contribution < 1.29 is 0 Å². The van der Waals surface area contributed by atoms with Gasteiger partial charge in [-0.2, -0.15) is 0 Å². The lowest BCUT2D eigenvalue weighted by Gasteiger charge is -2.16. The number of fused-ring (bicyclic) bond motifs is 6. The van der Waals surface area contributed by atoms with Gasteiger partial charge in [-0.3, -0.25) is 0 Å². The summed E-state index contributed by atoms with van der Waals surface area (Å²) in [7, 11) is 0. The lowest BCUT2D eigenvalue weighted by molar-refractivity contribution is 1.07. The van der Waals surface area contributed by atoms with Crippen LogP contribution in [0.2, 0.25) is 0 Å². The van der Waals surface area contributed by atoms with Gasteiger partial charge in [-0.25, -0.2) is 15.0 Å². The molecule has 0 unspecified atom stereocenters. The number of nitrogens with zero attached hydrogens (tertiary/aromatic N) is 4. The molecule has 5 heteroatoms. The van der Waals surface area contributed by atoms with Gasteiger partial charge in [0, 0.05) is 53.3 Å². The van der Waals surface area contributed by atoms with E-state index in [1.54, 1.807) is 0 Å². The molecular weight excluding hydrogens is 845 g/mol. The Morgan fingerprint density at radius 2 is 0.824 bits per heavy atom. The number of hydrogen-bond donors (Lipinski definition) is 0. The molecule has 3 aromatic heterocycles. The minimum absolute atomic E-state index is 0.605. The maximum Gasteiger partial charge on any atom is 0.164 e. The van der Waals surface area contributed by atoms with Gasteiger partial charge in [0.1, 0.15) is 0 Å². The number of thiophene rings is 1. The summed E-state index contributed by atoms with van der Waals surface area (Å²) < 4.78 is 5.03. The minimum Gasteiger partial charge on any atom is -0.309 e. The number of para-hydroxylation sites is 1. The summed E-state index contributed by atoms with van der Waals surface area (Å²) in [5, 5.41) is 5.02. The molecule has 3 heterocycles. The van der Waals surface area contributed by atoms with E-state index in [9.17, 15) is 0 Å². The second kappa shape index (κ2) is 16.6. The van der Waals surface area contributed by atoms with Crippen LogP contribution in [0.4, 0.5) is 0 Å². The van der Waals surface area contributed by atoms with E-state index in [0.717, 1.165) is 66.8 Å². The highest BCUT2D eigenvalue weighted by molar-refractivity contribution is 7.26. The molecule has 10 aromatic carbocycles. The average Bonchev–Trinajstić information content (AvgIpc) is 3.97. The van der Waals surface area contributed by atoms with Crippen molar-refractivity contribution in [2.24, 2.45) is 0 Å². The van der Waals surface area contributed by atoms with E-state index in [0.29, 0.717) is 17.5 Å². The van der Waals surface area contributed by atoms with E-state index in [1.807, 2.05) is 23.5 Å². The molecule has 0 atom stereocenters. The molecule has 0 amide bonds. The van der Waals surface area contributed by atoms with Gasteiger partial charge in [0.15, 0.2) is 17.5 Å². The van der Waals surface area contributed by atoms with Crippen molar-refractivity contribution in [3.05, 3.63) is 243 Å². The smallest absolute Gasteiger partial charge is 0.164 e. The minimum atomic E-state index is 0.605. The Kier molecular flexibility index (Phi) is 9.66. The molecule has 4 nitrogen and oxygen atoms in total. The van der Waals surface area contributed by atoms with Gasteiger partial charge in [-0.15, -0.1) is 11.3 Å². The van der Waals surface area contributed by atoms with Crippen LogP contribution in [-0.4, -0.2) is 19.5 Å². The van der Waals surface area contributed by atoms with Crippen LogP contribution in [0.1, 0.15) is 0 Å². The molecule has 0 bridgehead atoms. The normalized spacial score (nSPS) is 11.5. The van der Waals surface area contributed by atoms with Crippen molar-refractivity contribution in [2.45, 2.75) is 0 Å². The van der Waals surface area contributed by atoms with E-state index in [4.69, 9.17) is 15.0 Å². The van der Waals surface area contributed by atoms with Gasteiger partial charge >= 0.3 is 0 Å². The van der Waals surface area contributed by atoms with E-state index in [-0.39, 0.29) is 0 Å². The Morgan fingerprint density at radius 1 is 0.279 bits per heavy atom. The Bertz CT molecular complexity index is 4010. The van der Waals surface area contributed by atoms with Gasteiger partial charge in [0.05, 0.1) is 11.0 Å². The van der Waals surface area contributed by atoms with Crippen LogP contribution >= 0.6 is 11.3 Å². The molecule has 0 aliphatic heterocycles. The summed E-state index contributed by atoms with van der Waals surface area (Å²) in [6.45, 7) is 0. The molecule has 68 heavy (non-hydrogen) atoms. The SMILES string of the molecule is c1ccc(-c2ccc(-c3nc(-c4cccc(-c5ccccc5)c4)nc(-c4ccc(-n5c6ccccc6c6ccc(-c7cccc8c7sc7ccccc78)cc65)cc4-c4ccccc4)n3)cc2)cc1. The highest BCUT2D eigenvalue weighted by Crippen LogP contribution is 2.43. The highest BCUT2D eigenvalue weighted by atomic mass is 32.1. The fourth-order valence-electron chi connectivity index (χ4n) is 9.78. The summed E-state index contributed by atoms with van der Waals surface area (Å²) in [6.07, 6.45) is 0. The van der Waals surface area contributed by atoms with Crippen molar-refractivity contribution in [1.82, 2.24) is 19.5 Å². The zero-order valence-corrected chi connectivity index (χ0v) is 37.6. The highest BCUT2D eigenvalue weighted by Gasteiger charge is 2.20. The van der Waals surface area contributed by atoms with Crippen molar-refractivity contribution in [3.63, 3.8) is 0 Å². The predicted octanol–water partition coefficient (Wildman–Crippen LogP) is 17.0. The maximum absolute atomic E-state index is 5.34. The van der Waals surface area contributed by atoms with E-state index >= 15 is 0 Å². The third-order valence-corrected chi connectivity index (χ3v) is 14.3. The molecule has 13 aromatic rings. The van der Waals surface area contributed by atoms with Gasteiger partial charge in [-0.1, -0.05) is 200 Å². The van der Waals surface area contributed by atoms with Crippen LogP contribution in [0.25, 0.3) is 126 Å². The summed E-state index contributed by atoms with van der Waals surface area (Å²) in [5.41, 5.74) is 15.2. The van der Waals surface area contributed by atoms with Crippen LogP contribution < -0.4 is 0 Å². The number of aromatic nitrogens is 4. The van der Waals surface area contributed by atoms with Gasteiger partial charge in [-0.05, 0) is 87.0 Å². The second-order valence-electron chi connectivity index (χ2n) is 17.2. The first-order valence-corrected chi connectivity index (χ1v) is 23.7. The van der Waals surface area contributed by atoms with Crippen LogP contribution in [0.15, 0.2) is 243 Å². The number of benzene rings is 10. The number of rotatable bonds is 8. The van der Waals surface area contributed by atoms with Crippen molar-refractivity contribution in [2.75, 3.05) is 0 Å². The first-order chi connectivity index (χ1) is 33.7. The number of hydrogen-bond acceptors (Lipinski definition) is 4. The monoisotopic (exact) mass is 884 g/mol. The second-order valence-corrected chi connectivity index (χ2v) is 18.2. The maximum atomic E-state index is 5.34. The summed E-state index contributed by atoms with van der Waals surface area (Å²) >= 11 is 1.87. The van der Waals surface area contributed by atoms with Crippen molar-refractivity contribution in [1.29, 1.82) is 0 Å². The Balaban J connectivity index is 1.00. The topological polar surface area (TPSA) is 43.6 Å². The molecule has 0 fully saturated rings. The van der Waals surface area contributed by atoms with Crippen LogP contribution in [0.3, 0.4) is 0 Å². The molecule has 0 spiro atoms. The van der Waals surface area contributed by atoms with Gasteiger partial charge in [0.2, 0.25) is 0 Å². The van der Waals surface area contributed by atoms with E-state index in [1.165, 1.54) is 42.1 Å². The lowest BCUT2D eigenvalue weighted by atomic mass is 9.97. The first-order valence-electron chi connectivity index (χ1n) is 22.9. The standard InChI is InChI=1S/C63H40N4S/c1-4-16-41(17-5-1)43-30-32-45(33-31-43)61-64-62(48-23-14-22-46(38-48)42-18-6-2-7-19-42)66-63(65-61)55-37-35-49(40-56(55)44-20-8-3-9-21-44)67-57-28-12-10-24-51(57)52-36-34-47(39-58(52)67)50-26-15-27-54-53-25-11-13-29-59(53)68-60(50)54/h1-40H. The predicted molar refractivity (Wildman–Crippen MR) is 285 cm³/mol. The molecule has 0 saturated heterocycles. The first kappa shape index (κ1) is 39.6. The fraction of sp³-hybridized carbons (Fsp3) is 0. The molecule has 318 valence electrons. The molecule has 13 rings (SSSR count). The van der Waals surface area contributed by atoms with Gasteiger partial charge < -0.3 is 4.57 Å². The summed E-state index contributed by atoms with van der Waals surface area (Å²) in [6, 6.07) is 86.4. The third-order valence-electron chi connectivity index (χ3n) is 13.1. The summed E-state index contributed by atoms with van der Waals surface area (Å²) in [4.78, 5) is 15.9. The Morgan fingerprint density at radius 3 is 1.60 bits per heavy atom. The van der Waals surface area contributed by atoms with E-state index in [2.05, 4.69) is 235 Å². The zero-order valence-electron chi connectivity index (χ0n) is 36.8. The average molecular weight is 885 g/mol. The lowest BCUT2D eigenvalue weighted by Crippen LogP contribution is -2.02. The van der Waals surface area contributed by atoms with Crippen molar-refractivity contribution >= 4 is 53.3 Å².